The van der Waals surface area contributed by atoms with E-state index < -0.39 is 0 Å². The second-order valence-corrected chi connectivity index (χ2v) is 5.82. The molecule has 0 aliphatic carbocycles. The van der Waals surface area contributed by atoms with Crippen molar-refractivity contribution in [2.24, 2.45) is 0 Å². The van der Waals surface area contributed by atoms with Crippen LogP contribution in [0.4, 0.5) is 0 Å². The lowest BCUT2D eigenvalue weighted by Gasteiger charge is -2.30. The zero-order chi connectivity index (χ0) is 14.5. The molecule has 1 saturated heterocycles. The monoisotopic (exact) mass is 281 g/mol. The van der Waals surface area contributed by atoms with Crippen LogP contribution in [0.3, 0.4) is 0 Å². The molecule has 0 spiro atoms. The fourth-order valence-corrected chi connectivity index (χ4v) is 3.09. The van der Waals surface area contributed by atoms with E-state index in [0.717, 1.165) is 19.4 Å². The van der Waals surface area contributed by atoms with Crippen LogP contribution in [-0.4, -0.2) is 12.6 Å². The van der Waals surface area contributed by atoms with E-state index >= 15 is 0 Å². The molecular formula is C19H23NO. The van der Waals surface area contributed by atoms with Crippen LogP contribution >= 0.6 is 0 Å². The molecular weight excluding hydrogens is 258 g/mol. The standard InChI is InChI=1S/C19H23NO/c1-2-18-13-19(15-20-18,17-11-7-4-8-12-17)21-14-16-9-5-3-6-10-16/h3-12,18,20H,2,13-15H2,1H3. The van der Waals surface area contributed by atoms with Crippen molar-refractivity contribution in [1.29, 1.82) is 0 Å². The largest absolute Gasteiger partial charge is 0.364 e. The molecule has 110 valence electrons. The van der Waals surface area contributed by atoms with Crippen LogP contribution in [0, 0.1) is 0 Å². The van der Waals surface area contributed by atoms with Crippen molar-refractivity contribution in [2.45, 2.75) is 38.0 Å². The zero-order valence-electron chi connectivity index (χ0n) is 12.6. The fourth-order valence-electron chi connectivity index (χ4n) is 3.09. The summed E-state index contributed by atoms with van der Waals surface area (Å²) < 4.78 is 6.43. The summed E-state index contributed by atoms with van der Waals surface area (Å²) in [5.74, 6) is 0. The minimum atomic E-state index is -0.197. The SMILES string of the molecule is CCC1CC(OCc2ccccc2)(c2ccccc2)CN1. The summed E-state index contributed by atoms with van der Waals surface area (Å²) in [5.41, 5.74) is 2.31. The Morgan fingerprint density at radius 3 is 2.33 bits per heavy atom. The highest BCUT2D eigenvalue weighted by Crippen LogP contribution is 2.36. The molecule has 2 aromatic rings. The van der Waals surface area contributed by atoms with Crippen LogP contribution in [0.5, 0.6) is 0 Å². The van der Waals surface area contributed by atoms with Crippen molar-refractivity contribution in [1.82, 2.24) is 5.32 Å². The Kier molecular flexibility index (Phi) is 4.37. The first kappa shape index (κ1) is 14.3. The third-order valence-electron chi connectivity index (χ3n) is 4.40. The lowest BCUT2D eigenvalue weighted by molar-refractivity contribution is -0.0488. The third-order valence-corrected chi connectivity index (χ3v) is 4.40. The molecule has 3 rings (SSSR count). The van der Waals surface area contributed by atoms with Crippen LogP contribution in [-0.2, 0) is 16.9 Å². The number of rotatable bonds is 5. The van der Waals surface area contributed by atoms with Gasteiger partial charge in [-0.1, -0.05) is 67.6 Å². The Bertz CT molecular complexity index is 554. The van der Waals surface area contributed by atoms with Gasteiger partial charge in [-0.2, -0.15) is 0 Å². The molecule has 21 heavy (non-hydrogen) atoms. The highest BCUT2D eigenvalue weighted by molar-refractivity contribution is 5.26. The van der Waals surface area contributed by atoms with E-state index in [2.05, 4.69) is 66.8 Å². The molecule has 1 N–H and O–H groups in total. The van der Waals surface area contributed by atoms with Gasteiger partial charge in [0, 0.05) is 12.6 Å². The average molecular weight is 281 g/mol. The summed E-state index contributed by atoms with van der Waals surface area (Å²) >= 11 is 0. The first-order valence-electron chi connectivity index (χ1n) is 7.79. The predicted molar refractivity (Wildman–Crippen MR) is 86.0 cm³/mol. The number of benzene rings is 2. The molecule has 2 nitrogen and oxygen atoms in total. The average Bonchev–Trinajstić information content (AvgIpc) is 3.00. The van der Waals surface area contributed by atoms with Gasteiger partial charge in [0.05, 0.1) is 6.61 Å². The number of ether oxygens (including phenoxy) is 1. The molecule has 1 fully saturated rings. The summed E-state index contributed by atoms with van der Waals surface area (Å²) in [6.45, 7) is 3.78. The summed E-state index contributed by atoms with van der Waals surface area (Å²) in [7, 11) is 0. The number of nitrogens with one attached hydrogen (secondary N) is 1. The van der Waals surface area contributed by atoms with Crippen molar-refractivity contribution in [2.75, 3.05) is 6.54 Å². The molecule has 0 aromatic heterocycles. The molecule has 0 bridgehead atoms. The lowest BCUT2D eigenvalue weighted by atomic mass is 9.90. The maximum atomic E-state index is 6.43. The first-order chi connectivity index (χ1) is 10.3. The number of hydrogen-bond donors (Lipinski definition) is 1. The quantitative estimate of drug-likeness (QED) is 0.898. The Balaban J connectivity index is 1.80. The Hall–Kier alpha value is -1.64. The minimum Gasteiger partial charge on any atom is -0.364 e. The molecule has 0 amide bonds. The van der Waals surface area contributed by atoms with Gasteiger partial charge in [0.15, 0.2) is 0 Å². The maximum Gasteiger partial charge on any atom is 0.107 e. The Labute approximate surface area is 127 Å². The molecule has 1 heterocycles. The van der Waals surface area contributed by atoms with Gasteiger partial charge in [-0.3, -0.25) is 0 Å². The van der Waals surface area contributed by atoms with Crippen LogP contribution in [0.2, 0.25) is 0 Å². The smallest absolute Gasteiger partial charge is 0.107 e. The van der Waals surface area contributed by atoms with E-state index in [0.29, 0.717) is 12.6 Å². The van der Waals surface area contributed by atoms with Crippen molar-refractivity contribution >= 4 is 0 Å². The highest BCUT2D eigenvalue weighted by atomic mass is 16.5. The molecule has 2 unspecified atom stereocenters. The van der Waals surface area contributed by atoms with Gasteiger partial charge >= 0.3 is 0 Å². The topological polar surface area (TPSA) is 21.3 Å². The van der Waals surface area contributed by atoms with Gasteiger partial charge in [-0.05, 0) is 24.0 Å². The molecule has 0 radical (unpaired) electrons. The first-order valence-corrected chi connectivity index (χ1v) is 7.79. The normalized spacial score (nSPS) is 25.1. The van der Waals surface area contributed by atoms with Crippen molar-refractivity contribution in [3.05, 3.63) is 71.8 Å². The van der Waals surface area contributed by atoms with Crippen molar-refractivity contribution < 1.29 is 4.74 Å². The fraction of sp³-hybridized carbons (Fsp3) is 0.368. The molecule has 2 atom stereocenters. The van der Waals surface area contributed by atoms with Gasteiger partial charge in [0.1, 0.15) is 5.60 Å². The lowest BCUT2D eigenvalue weighted by Crippen LogP contribution is -2.32. The van der Waals surface area contributed by atoms with Gasteiger partial charge in [0.2, 0.25) is 0 Å². The van der Waals surface area contributed by atoms with E-state index in [-0.39, 0.29) is 5.60 Å². The number of hydrogen-bond acceptors (Lipinski definition) is 2. The highest BCUT2D eigenvalue weighted by Gasteiger charge is 2.40. The van der Waals surface area contributed by atoms with Crippen molar-refractivity contribution in [3.8, 4) is 0 Å². The van der Waals surface area contributed by atoms with E-state index in [9.17, 15) is 0 Å². The van der Waals surface area contributed by atoms with Gasteiger partial charge < -0.3 is 10.1 Å². The summed E-state index contributed by atoms with van der Waals surface area (Å²) in [6.07, 6.45) is 2.18. The van der Waals surface area contributed by atoms with E-state index in [4.69, 9.17) is 4.74 Å². The van der Waals surface area contributed by atoms with Crippen LogP contribution < -0.4 is 5.32 Å². The molecule has 2 aromatic carbocycles. The van der Waals surface area contributed by atoms with Crippen molar-refractivity contribution in [3.63, 3.8) is 0 Å². The minimum absolute atomic E-state index is 0.197. The van der Waals surface area contributed by atoms with Gasteiger partial charge in [-0.25, -0.2) is 0 Å². The summed E-state index contributed by atoms with van der Waals surface area (Å²) in [4.78, 5) is 0. The maximum absolute atomic E-state index is 6.43. The van der Waals surface area contributed by atoms with E-state index in [1.54, 1.807) is 0 Å². The van der Waals surface area contributed by atoms with Crippen LogP contribution in [0.15, 0.2) is 60.7 Å². The Morgan fingerprint density at radius 2 is 1.71 bits per heavy atom. The molecule has 2 heteroatoms. The van der Waals surface area contributed by atoms with E-state index in [1.165, 1.54) is 11.1 Å². The third kappa shape index (κ3) is 3.17. The summed E-state index contributed by atoms with van der Waals surface area (Å²) in [5, 5.41) is 3.61. The van der Waals surface area contributed by atoms with Crippen LogP contribution in [0.25, 0.3) is 0 Å². The van der Waals surface area contributed by atoms with Gasteiger partial charge in [-0.15, -0.1) is 0 Å². The summed E-state index contributed by atoms with van der Waals surface area (Å²) in [6, 6.07) is 21.6. The Morgan fingerprint density at radius 1 is 1.05 bits per heavy atom. The second kappa shape index (κ2) is 6.42. The van der Waals surface area contributed by atoms with Crippen LogP contribution in [0.1, 0.15) is 30.9 Å². The molecule has 1 aliphatic heterocycles. The van der Waals surface area contributed by atoms with E-state index in [1.807, 2.05) is 6.07 Å². The second-order valence-electron chi connectivity index (χ2n) is 5.82. The molecule has 1 aliphatic rings. The van der Waals surface area contributed by atoms with Gasteiger partial charge in [0.25, 0.3) is 0 Å². The zero-order valence-corrected chi connectivity index (χ0v) is 12.6. The molecule has 0 saturated carbocycles. The predicted octanol–water partition coefficient (Wildman–Crippen LogP) is 3.87.